The summed E-state index contributed by atoms with van der Waals surface area (Å²) in [6, 6.07) is -0.109. The fourth-order valence-corrected chi connectivity index (χ4v) is 1.99. The molecule has 0 aromatic carbocycles. The van der Waals surface area contributed by atoms with Crippen molar-refractivity contribution in [1.29, 1.82) is 0 Å². The number of unbranched alkanes of at least 4 members (excludes halogenated alkanes) is 1. The first-order chi connectivity index (χ1) is 7.63. The number of nitrogens with two attached hydrogens (primary N) is 1. The molecule has 0 aliphatic carbocycles. The van der Waals surface area contributed by atoms with Crippen LogP contribution in [0.2, 0.25) is 0 Å². The lowest BCUT2D eigenvalue weighted by atomic mass is 10.0. The summed E-state index contributed by atoms with van der Waals surface area (Å²) < 4.78 is 5.43. The van der Waals surface area contributed by atoms with Gasteiger partial charge >= 0.3 is 0 Å². The Bertz CT molecular complexity index is 221. The van der Waals surface area contributed by atoms with E-state index in [1.807, 2.05) is 6.92 Å². The Morgan fingerprint density at radius 3 is 3.00 bits per heavy atom. The van der Waals surface area contributed by atoms with E-state index in [1.54, 1.807) is 0 Å². The quantitative estimate of drug-likeness (QED) is 0.743. The molecular weight excluding hydrogens is 204 g/mol. The van der Waals surface area contributed by atoms with E-state index in [1.165, 1.54) is 0 Å². The average Bonchev–Trinajstić information content (AvgIpc) is 2.25. The maximum absolute atomic E-state index is 11.7. The molecule has 2 unspecified atom stereocenters. The van der Waals surface area contributed by atoms with Crippen LogP contribution >= 0.6 is 0 Å². The summed E-state index contributed by atoms with van der Waals surface area (Å²) in [5, 5.41) is 3.01. The Morgan fingerprint density at radius 2 is 2.38 bits per heavy atom. The monoisotopic (exact) mass is 228 g/mol. The molecule has 3 N–H and O–H groups in total. The lowest BCUT2D eigenvalue weighted by molar-refractivity contribution is -0.124. The molecule has 4 nitrogen and oxygen atoms in total. The minimum atomic E-state index is -0.349. The van der Waals surface area contributed by atoms with Crippen molar-refractivity contribution in [2.45, 2.75) is 64.1 Å². The second-order valence-electron chi connectivity index (χ2n) is 4.66. The fourth-order valence-electron chi connectivity index (χ4n) is 1.99. The number of amides is 1. The van der Waals surface area contributed by atoms with E-state index in [0.717, 1.165) is 38.7 Å². The van der Waals surface area contributed by atoms with E-state index >= 15 is 0 Å². The van der Waals surface area contributed by atoms with Gasteiger partial charge in [0.25, 0.3) is 0 Å². The van der Waals surface area contributed by atoms with Gasteiger partial charge in [0.15, 0.2) is 0 Å². The number of ether oxygens (including phenoxy) is 1. The molecule has 3 atom stereocenters. The summed E-state index contributed by atoms with van der Waals surface area (Å²) in [7, 11) is 0. The van der Waals surface area contributed by atoms with Gasteiger partial charge in [-0.25, -0.2) is 0 Å². The summed E-state index contributed by atoms with van der Waals surface area (Å²) in [4.78, 5) is 11.7. The predicted octanol–water partition coefficient (Wildman–Crippen LogP) is 1.19. The SMILES string of the molecule is CCCC[C@H](N)C(=O)NC1CCOC(C)C1. The van der Waals surface area contributed by atoms with Crippen molar-refractivity contribution in [3.63, 3.8) is 0 Å². The summed E-state index contributed by atoms with van der Waals surface area (Å²) in [6.45, 7) is 4.87. The molecule has 1 saturated heterocycles. The Labute approximate surface area is 97.9 Å². The standard InChI is InChI=1S/C12H24N2O2/c1-3-4-5-11(13)12(15)14-10-6-7-16-9(2)8-10/h9-11H,3-8,13H2,1-2H3,(H,14,15)/t9?,10?,11-/m0/s1. The van der Waals surface area contributed by atoms with Crippen LogP contribution in [0.1, 0.15) is 46.0 Å². The molecule has 0 saturated carbocycles. The highest BCUT2D eigenvalue weighted by atomic mass is 16.5. The van der Waals surface area contributed by atoms with Crippen molar-refractivity contribution in [3.8, 4) is 0 Å². The number of hydrogen-bond donors (Lipinski definition) is 2. The Kier molecular flexibility index (Phi) is 5.77. The second-order valence-corrected chi connectivity index (χ2v) is 4.66. The molecule has 0 bridgehead atoms. The number of nitrogens with one attached hydrogen (secondary N) is 1. The number of carbonyl (C=O) groups excluding carboxylic acids is 1. The molecule has 1 amide bonds. The second kappa shape index (κ2) is 6.86. The van der Waals surface area contributed by atoms with E-state index in [2.05, 4.69) is 12.2 Å². The summed E-state index contributed by atoms with van der Waals surface area (Å²) in [6.07, 6.45) is 4.91. The van der Waals surface area contributed by atoms with Gasteiger partial charge in [-0.2, -0.15) is 0 Å². The van der Waals surface area contributed by atoms with Crippen LogP contribution in [0, 0.1) is 0 Å². The van der Waals surface area contributed by atoms with E-state index in [9.17, 15) is 4.79 Å². The molecule has 16 heavy (non-hydrogen) atoms. The molecule has 1 aliphatic rings. The third-order valence-electron chi connectivity index (χ3n) is 3.04. The summed E-state index contributed by atoms with van der Waals surface area (Å²) in [5.41, 5.74) is 5.81. The van der Waals surface area contributed by atoms with E-state index in [0.29, 0.717) is 0 Å². The molecule has 1 heterocycles. The van der Waals surface area contributed by atoms with Gasteiger partial charge in [-0.1, -0.05) is 19.8 Å². The van der Waals surface area contributed by atoms with Gasteiger partial charge in [0.1, 0.15) is 0 Å². The van der Waals surface area contributed by atoms with Gasteiger partial charge in [0, 0.05) is 12.6 Å². The summed E-state index contributed by atoms with van der Waals surface area (Å²) >= 11 is 0. The van der Waals surface area contributed by atoms with Crippen LogP contribution in [0.25, 0.3) is 0 Å². The lowest BCUT2D eigenvalue weighted by Crippen LogP contribution is -2.48. The molecule has 1 fully saturated rings. The Morgan fingerprint density at radius 1 is 1.62 bits per heavy atom. The van der Waals surface area contributed by atoms with Gasteiger partial charge in [-0.15, -0.1) is 0 Å². The highest BCUT2D eigenvalue weighted by Gasteiger charge is 2.22. The van der Waals surface area contributed by atoms with Crippen LogP contribution in [0.4, 0.5) is 0 Å². The molecular formula is C12H24N2O2. The zero-order valence-electron chi connectivity index (χ0n) is 10.4. The number of carbonyl (C=O) groups is 1. The van der Waals surface area contributed by atoms with Crippen molar-refractivity contribution in [3.05, 3.63) is 0 Å². The predicted molar refractivity (Wildman–Crippen MR) is 64.1 cm³/mol. The summed E-state index contributed by atoms with van der Waals surface area (Å²) in [5.74, 6) is -0.00690. The van der Waals surface area contributed by atoms with E-state index in [-0.39, 0.29) is 24.1 Å². The Balaban J connectivity index is 2.26. The molecule has 0 spiro atoms. The molecule has 1 rings (SSSR count). The fraction of sp³-hybridized carbons (Fsp3) is 0.917. The minimum absolute atomic E-state index is 0.00690. The van der Waals surface area contributed by atoms with Crippen molar-refractivity contribution >= 4 is 5.91 Å². The third-order valence-corrected chi connectivity index (χ3v) is 3.04. The molecule has 1 aliphatic heterocycles. The topological polar surface area (TPSA) is 64.4 Å². The van der Waals surface area contributed by atoms with Gasteiger partial charge in [0.2, 0.25) is 5.91 Å². The van der Waals surface area contributed by atoms with Crippen LogP contribution in [-0.2, 0) is 9.53 Å². The third kappa shape index (κ3) is 4.49. The molecule has 0 aromatic heterocycles. The van der Waals surface area contributed by atoms with Gasteiger partial charge < -0.3 is 15.8 Å². The van der Waals surface area contributed by atoms with Gasteiger partial charge in [0.05, 0.1) is 12.1 Å². The first-order valence-electron chi connectivity index (χ1n) is 6.31. The largest absolute Gasteiger partial charge is 0.378 e. The lowest BCUT2D eigenvalue weighted by Gasteiger charge is -2.28. The average molecular weight is 228 g/mol. The highest BCUT2D eigenvalue weighted by molar-refractivity contribution is 5.81. The maximum Gasteiger partial charge on any atom is 0.237 e. The molecule has 0 radical (unpaired) electrons. The first kappa shape index (κ1) is 13.5. The van der Waals surface area contributed by atoms with Crippen LogP contribution in [0.3, 0.4) is 0 Å². The number of hydrogen-bond acceptors (Lipinski definition) is 3. The van der Waals surface area contributed by atoms with E-state index < -0.39 is 0 Å². The number of rotatable bonds is 5. The van der Waals surface area contributed by atoms with Crippen molar-refractivity contribution in [2.75, 3.05) is 6.61 Å². The van der Waals surface area contributed by atoms with Crippen molar-refractivity contribution in [1.82, 2.24) is 5.32 Å². The van der Waals surface area contributed by atoms with Gasteiger partial charge in [-0.3, -0.25) is 4.79 Å². The smallest absolute Gasteiger partial charge is 0.237 e. The Hall–Kier alpha value is -0.610. The minimum Gasteiger partial charge on any atom is -0.378 e. The van der Waals surface area contributed by atoms with Gasteiger partial charge in [-0.05, 0) is 26.2 Å². The molecule has 4 heteroatoms. The molecule has 94 valence electrons. The zero-order chi connectivity index (χ0) is 12.0. The maximum atomic E-state index is 11.7. The van der Waals surface area contributed by atoms with E-state index in [4.69, 9.17) is 10.5 Å². The van der Waals surface area contributed by atoms with Crippen LogP contribution < -0.4 is 11.1 Å². The van der Waals surface area contributed by atoms with Crippen LogP contribution in [0.15, 0.2) is 0 Å². The van der Waals surface area contributed by atoms with Crippen molar-refractivity contribution < 1.29 is 9.53 Å². The zero-order valence-corrected chi connectivity index (χ0v) is 10.4. The first-order valence-corrected chi connectivity index (χ1v) is 6.31. The van der Waals surface area contributed by atoms with Crippen molar-refractivity contribution in [2.24, 2.45) is 5.73 Å². The van der Waals surface area contributed by atoms with Crippen LogP contribution in [0.5, 0.6) is 0 Å². The highest BCUT2D eigenvalue weighted by Crippen LogP contribution is 2.13. The van der Waals surface area contributed by atoms with Crippen LogP contribution in [-0.4, -0.2) is 30.7 Å². The molecule has 0 aromatic rings. The normalized spacial score (nSPS) is 27.4.